The number of esters is 1. The molecule has 3 heteroatoms. The Morgan fingerprint density at radius 2 is 1.87 bits per heavy atom. The molecule has 0 aliphatic heterocycles. The molecule has 0 aromatic heterocycles. The molecule has 90 valence electrons. The van der Waals surface area contributed by atoms with E-state index >= 15 is 0 Å². The van der Waals surface area contributed by atoms with E-state index in [1.165, 1.54) is 19.3 Å². The highest BCUT2D eigenvalue weighted by Gasteiger charge is 2.22. The van der Waals surface area contributed by atoms with Gasteiger partial charge in [-0.3, -0.25) is 4.79 Å². The van der Waals surface area contributed by atoms with Crippen molar-refractivity contribution in [1.82, 2.24) is 0 Å². The van der Waals surface area contributed by atoms with Crippen LogP contribution in [-0.4, -0.2) is 16.4 Å². The Bertz CT molecular complexity index is 185. The van der Waals surface area contributed by atoms with Gasteiger partial charge in [0.05, 0.1) is 0 Å². The molecule has 0 rings (SSSR count). The van der Waals surface area contributed by atoms with E-state index in [1.54, 1.807) is 0 Å². The van der Waals surface area contributed by atoms with Crippen LogP contribution >= 0.6 is 15.9 Å². The highest BCUT2D eigenvalue weighted by Crippen LogP contribution is 2.17. The fourth-order valence-electron chi connectivity index (χ4n) is 1.23. The normalized spacial score (nSPS) is 13.7. The van der Waals surface area contributed by atoms with Crippen molar-refractivity contribution < 1.29 is 9.53 Å². The van der Waals surface area contributed by atoms with E-state index in [0.29, 0.717) is 0 Å². The van der Waals surface area contributed by atoms with E-state index in [9.17, 15) is 4.79 Å². The van der Waals surface area contributed by atoms with E-state index in [1.807, 2.05) is 20.8 Å². The average molecular weight is 279 g/mol. The van der Waals surface area contributed by atoms with E-state index < -0.39 is 0 Å². The smallest absolute Gasteiger partial charge is 0.320 e. The molecule has 0 saturated heterocycles. The largest absolute Gasteiger partial charge is 0.459 e. The average Bonchev–Trinajstić information content (AvgIpc) is 2.09. The molecule has 0 aromatic rings. The van der Waals surface area contributed by atoms with E-state index in [-0.39, 0.29) is 16.4 Å². The summed E-state index contributed by atoms with van der Waals surface area (Å²) < 4.78 is 5.27. The second-order valence-electron chi connectivity index (χ2n) is 4.85. The van der Waals surface area contributed by atoms with Crippen LogP contribution in [0.4, 0.5) is 0 Å². The molecule has 0 radical (unpaired) electrons. The van der Waals surface area contributed by atoms with E-state index in [2.05, 4.69) is 22.9 Å². The molecular weight excluding hydrogens is 256 g/mol. The van der Waals surface area contributed by atoms with Crippen molar-refractivity contribution >= 4 is 21.9 Å². The highest BCUT2D eigenvalue weighted by atomic mass is 79.9. The van der Waals surface area contributed by atoms with Crippen molar-refractivity contribution in [2.24, 2.45) is 0 Å². The molecule has 0 amide bonds. The number of ether oxygens (including phenoxy) is 1. The lowest BCUT2D eigenvalue weighted by atomic mass is 10.1. The first-order chi connectivity index (χ1) is 6.87. The van der Waals surface area contributed by atoms with Crippen molar-refractivity contribution in [1.29, 1.82) is 0 Å². The minimum absolute atomic E-state index is 0.140. The lowest BCUT2D eigenvalue weighted by Crippen LogP contribution is -2.28. The lowest BCUT2D eigenvalue weighted by molar-refractivity contribution is -0.154. The number of carbonyl (C=O) groups excluding carboxylic acids is 1. The van der Waals surface area contributed by atoms with Crippen molar-refractivity contribution in [2.45, 2.75) is 70.2 Å². The third-order valence-corrected chi connectivity index (χ3v) is 2.81. The van der Waals surface area contributed by atoms with Crippen molar-refractivity contribution in [3.63, 3.8) is 0 Å². The summed E-state index contributed by atoms with van der Waals surface area (Å²) in [5.74, 6) is -0.140. The molecular formula is C12H23BrO2. The molecule has 0 aliphatic carbocycles. The Morgan fingerprint density at radius 1 is 1.27 bits per heavy atom. The van der Waals surface area contributed by atoms with Gasteiger partial charge in [-0.15, -0.1) is 0 Å². The van der Waals surface area contributed by atoms with Crippen LogP contribution in [0.5, 0.6) is 0 Å². The number of unbranched alkanes of at least 4 members (excludes halogenated alkanes) is 3. The third kappa shape index (κ3) is 8.91. The molecule has 0 spiro atoms. The molecule has 0 aliphatic rings. The summed E-state index contributed by atoms with van der Waals surface area (Å²) in [6.45, 7) is 7.85. The summed E-state index contributed by atoms with van der Waals surface area (Å²) >= 11 is 3.37. The Kier molecular flexibility index (Phi) is 7.24. The quantitative estimate of drug-likeness (QED) is 0.416. The summed E-state index contributed by atoms with van der Waals surface area (Å²) in [4.78, 5) is 11.4. The van der Waals surface area contributed by atoms with Crippen LogP contribution in [0.1, 0.15) is 59.8 Å². The zero-order chi connectivity index (χ0) is 11.9. The Morgan fingerprint density at radius 3 is 2.33 bits per heavy atom. The van der Waals surface area contributed by atoms with Gasteiger partial charge in [0.25, 0.3) is 0 Å². The lowest BCUT2D eigenvalue weighted by Gasteiger charge is -2.21. The molecule has 15 heavy (non-hydrogen) atoms. The predicted octanol–water partition coefficient (Wildman–Crippen LogP) is 4.06. The van der Waals surface area contributed by atoms with Crippen LogP contribution in [0.2, 0.25) is 0 Å². The molecule has 1 unspecified atom stereocenters. The summed E-state index contributed by atoms with van der Waals surface area (Å²) in [6, 6.07) is 0. The van der Waals surface area contributed by atoms with E-state index in [0.717, 1.165) is 12.8 Å². The number of halogens is 1. The first-order valence-electron chi connectivity index (χ1n) is 5.73. The van der Waals surface area contributed by atoms with Crippen LogP contribution in [-0.2, 0) is 9.53 Å². The Hall–Kier alpha value is -0.0500. The van der Waals surface area contributed by atoms with Crippen molar-refractivity contribution in [2.75, 3.05) is 0 Å². The number of hydrogen-bond acceptors (Lipinski definition) is 2. The maximum Gasteiger partial charge on any atom is 0.320 e. The molecule has 0 aromatic carbocycles. The van der Waals surface area contributed by atoms with Crippen molar-refractivity contribution in [3.05, 3.63) is 0 Å². The van der Waals surface area contributed by atoms with Gasteiger partial charge in [-0.1, -0.05) is 48.5 Å². The number of rotatable bonds is 6. The minimum atomic E-state index is -0.382. The van der Waals surface area contributed by atoms with Crippen molar-refractivity contribution in [3.8, 4) is 0 Å². The van der Waals surface area contributed by atoms with Gasteiger partial charge in [0.1, 0.15) is 10.4 Å². The Balaban J connectivity index is 3.70. The first kappa shape index (κ1) is 14.9. The fraction of sp³-hybridized carbons (Fsp3) is 0.917. The van der Waals surface area contributed by atoms with Gasteiger partial charge in [0.15, 0.2) is 0 Å². The highest BCUT2D eigenvalue weighted by molar-refractivity contribution is 9.10. The van der Waals surface area contributed by atoms with Gasteiger partial charge in [-0.05, 0) is 27.2 Å². The predicted molar refractivity (Wildman–Crippen MR) is 67.3 cm³/mol. The second kappa shape index (κ2) is 7.26. The SMILES string of the molecule is CCCCCCC(Br)C(=O)OC(C)(C)C. The van der Waals surface area contributed by atoms with Crippen LogP contribution in [0.3, 0.4) is 0 Å². The van der Waals surface area contributed by atoms with Gasteiger partial charge in [-0.25, -0.2) is 0 Å². The molecule has 0 bridgehead atoms. The molecule has 2 nitrogen and oxygen atoms in total. The summed E-state index contributed by atoms with van der Waals surface area (Å²) in [5.41, 5.74) is -0.382. The standard InChI is InChI=1S/C12H23BrO2/c1-5-6-7-8-9-10(13)11(14)15-12(2,3)4/h10H,5-9H2,1-4H3. The molecule has 0 saturated carbocycles. The van der Waals surface area contributed by atoms with Gasteiger partial charge in [0.2, 0.25) is 0 Å². The van der Waals surface area contributed by atoms with Gasteiger partial charge in [0, 0.05) is 0 Å². The molecule has 0 fully saturated rings. The zero-order valence-electron chi connectivity index (χ0n) is 10.3. The maximum absolute atomic E-state index is 11.6. The number of alkyl halides is 1. The van der Waals surface area contributed by atoms with Crippen LogP contribution in [0.25, 0.3) is 0 Å². The molecule has 1 atom stereocenters. The van der Waals surface area contributed by atoms with Gasteiger partial charge < -0.3 is 4.74 Å². The Labute approximate surface area is 102 Å². The summed E-state index contributed by atoms with van der Waals surface area (Å²) in [6.07, 6.45) is 5.62. The number of hydrogen-bond donors (Lipinski definition) is 0. The summed E-state index contributed by atoms with van der Waals surface area (Å²) in [5, 5.41) is 0. The third-order valence-electron chi connectivity index (χ3n) is 1.97. The molecule has 0 heterocycles. The topological polar surface area (TPSA) is 26.3 Å². The zero-order valence-corrected chi connectivity index (χ0v) is 11.9. The number of carbonyl (C=O) groups is 1. The van der Waals surface area contributed by atoms with Crippen LogP contribution in [0.15, 0.2) is 0 Å². The summed E-state index contributed by atoms with van der Waals surface area (Å²) in [7, 11) is 0. The van der Waals surface area contributed by atoms with Gasteiger partial charge >= 0.3 is 5.97 Å². The minimum Gasteiger partial charge on any atom is -0.459 e. The van der Waals surface area contributed by atoms with Gasteiger partial charge in [-0.2, -0.15) is 0 Å². The molecule has 0 N–H and O–H groups in total. The first-order valence-corrected chi connectivity index (χ1v) is 6.65. The van der Waals surface area contributed by atoms with E-state index in [4.69, 9.17) is 4.74 Å². The van der Waals surface area contributed by atoms with Crippen LogP contribution < -0.4 is 0 Å². The van der Waals surface area contributed by atoms with Crippen LogP contribution in [0, 0.1) is 0 Å². The monoisotopic (exact) mass is 278 g/mol. The fourth-order valence-corrected chi connectivity index (χ4v) is 1.65. The maximum atomic E-state index is 11.6. The second-order valence-corrected chi connectivity index (χ2v) is 5.96.